The molecule has 47 heavy (non-hydrogen) atoms. The maximum absolute atomic E-state index is 6.72. The van der Waals surface area contributed by atoms with E-state index in [0.717, 1.165) is 55.1 Å². The number of hydrogen-bond donors (Lipinski definition) is 0. The Labute approximate surface area is 270 Å². The van der Waals surface area contributed by atoms with Crippen LogP contribution in [-0.2, 0) is 0 Å². The lowest BCUT2D eigenvalue weighted by molar-refractivity contribution is 0.673. The highest BCUT2D eigenvalue weighted by atomic mass is 16.3. The van der Waals surface area contributed by atoms with Crippen LogP contribution in [0.2, 0.25) is 0 Å². The van der Waals surface area contributed by atoms with Crippen molar-refractivity contribution in [1.82, 2.24) is 15.0 Å². The number of aromatic nitrogens is 3. The summed E-state index contributed by atoms with van der Waals surface area (Å²) in [7, 11) is 0. The fraction of sp³-hybridized carbons (Fsp3) is 0. The molecular formula is C43H25N3O. The molecular weight excluding hydrogens is 574 g/mol. The lowest BCUT2D eigenvalue weighted by atomic mass is 9.93. The lowest BCUT2D eigenvalue weighted by Crippen LogP contribution is -2.01. The molecule has 0 bridgehead atoms. The van der Waals surface area contributed by atoms with E-state index >= 15 is 0 Å². The van der Waals surface area contributed by atoms with E-state index in [-0.39, 0.29) is 0 Å². The minimum Gasteiger partial charge on any atom is -0.455 e. The smallest absolute Gasteiger partial charge is 0.164 e. The predicted octanol–water partition coefficient (Wildman–Crippen LogP) is 11.2. The summed E-state index contributed by atoms with van der Waals surface area (Å²) in [6, 6.07) is 52.5. The van der Waals surface area contributed by atoms with Gasteiger partial charge in [0, 0.05) is 38.2 Å². The molecule has 1 aliphatic carbocycles. The number of nitrogens with zero attached hydrogens (tertiary/aromatic N) is 3. The standard InChI is InChI=1S/C43H25N3O/c1-3-13-26(14-4-1)41-44-42(27-15-5-2-6-16-27)46-43(45-41)33-20-10-9-19-30(33)32-22-12-24-37-39(32)36-25-35-29-18-8-7-17-28(29)31-21-11-23-34(38(31)35)40(36)47-37/h1-25H. The minimum absolute atomic E-state index is 0.626. The second-order valence-corrected chi connectivity index (χ2v) is 11.9. The zero-order valence-electron chi connectivity index (χ0n) is 25.2. The first-order chi connectivity index (χ1) is 23.3. The van der Waals surface area contributed by atoms with Gasteiger partial charge in [-0.2, -0.15) is 0 Å². The highest BCUT2D eigenvalue weighted by molar-refractivity contribution is 6.27. The summed E-state index contributed by atoms with van der Waals surface area (Å²) in [4.78, 5) is 15.1. The van der Waals surface area contributed by atoms with Crippen molar-refractivity contribution < 1.29 is 4.42 Å². The van der Waals surface area contributed by atoms with Gasteiger partial charge in [0.25, 0.3) is 0 Å². The van der Waals surface area contributed by atoms with Crippen LogP contribution in [0.5, 0.6) is 0 Å². The minimum atomic E-state index is 0.626. The van der Waals surface area contributed by atoms with E-state index in [2.05, 4.69) is 84.9 Å². The molecule has 0 fully saturated rings. The molecule has 0 saturated carbocycles. The predicted molar refractivity (Wildman–Crippen MR) is 191 cm³/mol. The van der Waals surface area contributed by atoms with E-state index in [4.69, 9.17) is 19.4 Å². The van der Waals surface area contributed by atoms with Gasteiger partial charge in [0.1, 0.15) is 11.2 Å². The fourth-order valence-electron chi connectivity index (χ4n) is 7.21. The molecule has 10 rings (SSSR count). The first kappa shape index (κ1) is 25.9. The van der Waals surface area contributed by atoms with Gasteiger partial charge in [-0.1, -0.05) is 140 Å². The summed E-state index contributed by atoms with van der Waals surface area (Å²) in [6.45, 7) is 0. The first-order valence-electron chi connectivity index (χ1n) is 15.8. The molecule has 0 unspecified atom stereocenters. The fourth-order valence-corrected chi connectivity index (χ4v) is 7.21. The summed E-state index contributed by atoms with van der Waals surface area (Å²) in [5.74, 6) is 1.90. The van der Waals surface area contributed by atoms with Gasteiger partial charge in [-0.25, -0.2) is 15.0 Å². The van der Waals surface area contributed by atoms with E-state index in [1.54, 1.807) is 0 Å². The van der Waals surface area contributed by atoms with Crippen LogP contribution in [0, 0.1) is 0 Å². The van der Waals surface area contributed by atoms with Crippen LogP contribution in [0.4, 0.5) is 0 Å². The number of benzene rings is 7. The average molecular weight is 600 g/mol. The van der Waals surface area contributed by atoms with E-state index in [1.165, 1.54) is 27.6 Å². The molecule has 0 N–H and O–H groups in total. The summed E-state index contributed by atoms with van der Waals surface area (Å²) in [5, 5.41) is 4.59. The van der Waals surface area contributed by atoms with Gasteiger partial charge in [0.15, 0.2) is 17.5 Å². The van der Waals surface area contributed by atoms with Crippen LogP contribution in [0.25, 0.3) is 100 Å². The highest BCUT2D eigenvalue weighted by Crippen LogP contribution is 2.51. The zero-order chi connectivity index (χ0) is 30.9. The molecule has 4 heteroatoms. The average Bonchev–Trinajstić information content (AvgIpc) is 3.69. The van der Waals surface area contributed by atoms with Crippen LogP contribution in [-0.4, -0.2) is 15.0 Å². The Kier molecular flexibility index (Phi) is 5.54. The third kappa shape index (κ3) is 3.92. The highest BCUT2D eigenvalue weighted by Gasteiger charge is 2.26. The Morgan fingerprint density at radius 1 is 0.340 bits per heavy atom. The largest absolute Gasteiger partial charge is 0.455 e. The van der Waals surface area contributed by atoms with Crippen LogP contribution in [0.1, 0.15) is 0 Å². The maximum atomic E-state index is 6.72. The van der Waals surface area contributed by atoms with Crippen molar-refractivity contribution in [3.05, 3.63) is 152 Å². The monoisotopic (exact) mass is 599 g/mol. The second-order valence-electron chi connectivity index (χ2n) is 11.9. The molecule has 4 nitrogen and oxygen atoms in total. The number of fused-ring (bicyclic) bond motifs is 7. The molecule has 0 atom stereocenters. The molecule has 0 aliphatic heterocycles. The quantitative estimate of drug-likeness (QED) is 0.202. The Morgan fingerprint density at radius 3 is 1.49 bits per heavy atom. The van der Waals surface area contributed by atoms with Gasteiger partial charge >= 0.3 is 0 Å². The summed E-state index contributed by atoms with van der Waals surface area (Å²) in [5.41, 5.74) is 11.8. The molecule has 2 aromatic heterocycles. The Balaban J connectivity index is 1.24. The molecule has 0 amide bonds. The molecule has 2 heterocycles. The molecule has 1 aliphatic rings. The van der Waals surface area contributed by atoms with Crippen LogP contribution in [0.15, 0.2) is 156 Å². The summed E-state index contributed by atoms with van der Waals surface area (Å²) in [6.07, 6.45) is 0. The van der Waals surface area contributed by atoms with Crippen molar-refractivity contribution in [2.24, 2.45) is 0 Å². The molecule has 7 aromatic carbocycles. The molecule has 218 valence electrons. The van der Waals surface area contributed by atoms with Crippen molar-refractivity contribution in [2.45, 2.75) is 0 Å². The second kappa shape index (κ2) is 10.1. The van der Waals surface area contributed by atoms with Crippen LogP contribution >= 0.6 is 0 Å². The number of furan rings is 1. The third-order valence-corrected chi connectivity index (χ3v) is 9.28. The van der Waals surface area contributed by atoms with Crippen molar-refractivity contribution in [3.63, 3.8) is 0 Å². The van der Waals surface area contributed by atoms with E-state index < -0.39 is 0 Å². The normalized spacial score (nSPS) is 11.8. The SMILES string of the molecule is c1ccc(-c2nc(-c3ccccc3)nc(-c3ccccc3-c3cccc4oc5c6cccc7c6c(cc5c34)-c3ccccc3-7)n2)cc1. The first-order valence-corrected chi connectivity index (χ1v) is 15.8. The van der Waals surface area contributed by atoms with Crippen LogP contribution in [0.3, 0.4) is 0 Å². The zero-order valence-corrected chi connectivity index (χ0v) is 25.2. The van der Waals surface area contributed by atoms with Crippen molar-refractivity contribution in [3.8, 4) is 67.5 Å². The molecule has 0 spiro atoms. The van der Waals surface area contributed by atoms with Gasteiger partial charge in [0.05, 0.1) is 0 Å². The van der Waals surface area contributed by atoms with E-state index in [9.17, 15) is 0 Å². The Hall–Kier alpha value is -6.39. The van der Waals surface area contributed by atoms with Crippen molar-refractivity contribution >= 4 is 32.7 Å². The summed E-state index contributed by atoms with van der Waals surface area (Å²) < 4.78 is 6.72. The molecule has 0 saturated heterocycles. The third-order valence-electron chi connectivity index (χ3n) is 9.28. The molecule has 0 radical (unpaired) electrons. The summed E-state index contributed by atoms with van der Waals surface area (Å²) >= 11 is 0. The topological polar surface area (TPSA) is 51.8 Å². The van der Waals surface area contributed by atoms with Gasteiger partial charge in [-0.15, -0.1) is 0 Å². The van der Waals surface area contributed by atoms with Gasteiger partial charge in [0.2, 0.25) is 0 Å². The van der Waals surface area contributed by atoms with Crippen LogP contribution < -0.4 is 0 Å². The van der Waals surface area contributed by atoms with Gasteiger partial charge in [-0.3, -0.25) is 0 Å². The molecule has 9 aromatic rings. The Bertz CT molecular complexity index is 2620. The van der Waals surface area contributed by atoms with E-state index in [1.807, 2.05) is 66.7 Å². The Morgan fingerprint density at radius 2 is 0.830 bits per heavy atom. The van der Waals surface area contributed by atoms with E-state index in [0.29, 0.717) is 17.5 Å². The maximum Gasteiger partial charge on any atom is 0.164 e. The van der Waals surface area contributed by atoms with Crippen molar-refractivity contribution in [1.29, 1.82) is 0 Å². The van der Waals surface area contributed by atoms with Gasteiger partial charge < -0.3 is 4.42 Å². The number of hydrogen-bond acceptors (Lipinski definition) is 4. The van der Waals surface area contributed by atoms with Crippen molar-refractivity contribution in [2.75, 3.05) is 0 Å². The van der Waals surface area contributed by atoms with Gasteiger partial charge in [-0.05, 0) is 45.5 Å². The lowest BCUT2D eigenvalue weighted by Gasteiger charge is -2.13. The number of rotatable bonds is 4.